The Morgan fingerprint density at radius 2 is 1.73 bits per heavy atom. The van der Waals surface area contributed by atoms with Crippen molar-refractivity contribution >= 4 is 11.6 Å². The molecule has 0 aromatic heterocycles. The highest BCUT2D eigenvalue weighted by Gasteiger charge is 2.22. The molecule has 1 heterocycles. The molecule has 136 valence electrons. The minimum Gasteiger partial charge on any atom is -0.348 e. The molecule has 1 aliphatic rings. The summed E-state index contributed by atoms with van der Waals surface area (Å²) in [6.07, 6.45) is 2.37. The zero-order valence-electron chi connectivity index (χ0n) is 14.6. The van der Waals surface area contributed by atoms with Crippen molar-refractivity contribution in [1.82, 2.24) is 10.2 Å². The molecule has 0 radical (unpaired) electrons. The van der Waals surface area contributed by atoms with Gasteiger partial charge in [-0.05, 0) is 31.5 Å². The monoisotopic (exact) mass is 353 g/mol. The minimum absolute atomic E-state index is 0.000483. The predicted octanol–water partition coefficient (Wildman–Crippen LogP) is 3.09. The minimum atomic E-state index is -0.443. The Bertz CT molecular complexity index is 758. The van der Waals surface area contributed by atoms with Crippen LogP contribution >= 0.6 is 0 Å². The summed E-state index contributed by atoms with van der Waals surface area (Å²) in [5.74, 6) is -0.202. The fourth-order valence-corrected chi connectivity index (χ4v) is 3.40. The standard InChI is InChI=1S/C20H23N3O3/c24-20(14-17-10-4-5-11-19(17)23(25)26)21-18(15-22-12-6-7-13-22)16-8-2-1-3-9-16/h1-5,8-11,18H,6-7,12-15H2,(H,21,24). The summed E-state index contributed by atoms with van der Waals surface area (Å²) < 4.78 is 0. The number of carbonyl (C=O) groups is 1. The molecule has 1 aliphatic heterocycles. The maximum Gasteiger partial charge on any atom is 0.273 e. The number of nitro benzene ring substituents is 1. The van der Waals surface area contributed by atoms with Gasteiger partial charge < -0.3 is 10.2 Å². The van der Waals surface area contributed by atoms with Gasteiger partial charge in [-0.2, -0.15) is 0 Å². The first-order valence-electron chi connectivity index (χ1n) is 8.92. The smallest absolute Gasteiger partial charge is 0.273 e. The second kappa shape index (κ2) is 8.58. The van der Waals surface area contributed by atoms with Crippen molar-refractivity contribution in [2.75, 3.05) is 19.6 Å². The van der Waals surface area contributed by atoms with Gasteiger partial charge in [-0.15, -0.1) is 0 Å². The molecule has 6 nitrogen and oxygen atoms in total. The summed E-state index contributed by atoms with van der Waals surface area (Å²) in [5.41, 5.74) is 1.47. The molecule has 0 bridgehead atoms. The van der Waals surface area contributed by atoms with Gasteiger partial charge in [0.2, 0.25) is 5.91 Å². The van der Waals surface area contributed by atoms with Crippen LogP contribution < -0.4 is 5.32 Å². The van der Waals surface area contributed by atoms with Crippen LogP contribution in [0.2, 0.25) is 0 Å². The SMILES string of the molecule is O=C(Cc1ccccc1[N+](=O)[O-])NC(CN1CCCC1)c1ccccc1. The van der Waals surface area contributed by atoms with E-state index in [-0.39, 0.29) is 24.1 Å². The lowest BCUT2D eigenvalue weighted by atomic mass is 10.0. The third-order valence-electron chi connectivity index (χ3n) is 4.72. The van der Waals surface area contributed by atoms with Gasteiger partial charge in [0.15, 0.2) is 0 Å². The Kier molecular flexibility index (Phi) is 5.96. The first-order valence-corrected chi connectivity index (χ1v) is 8.92. The van der Waals surface area contributed by atoms with Crippen LogP contribution in [0.1, 0.15) is 30.0 Å². The fraction of sp³-hybridized carbons (Fsp3) is 0.350. The number of hydrogen-bond acceptors (Lipinski definition) is 4. The maximum atomic E-state index is 12.6. The molecule has 1 unspecified atom stereocenters. The van der Waals surface area contributed by atoms with Crippen LogP contribution in [0.5, 0.6) is 0 Å². The molecule has 2 aromatic carbocycles. The lowest BCUT2D eigenvalue weighted by Crippen LogP contribution is -2.37. The number of likely N-dealkylation sites (tertiary alicyclic amines) is 1. The van der Waals surface area contributed by atoms with Gasteiger partial charge in [0.25, 0.3) is 5.69 Å². The van der Waals surface area contributed by atoms with E-state index in [2.05, 4.69) is 10.2 Å². The van der Waals surface area contributed by atoms with Crippen molar-refractivity contribution in [3.8, 4) is 0 Å². The molecule has 1 amide bonds. The lowest BCUT2D eigenvalue weighted by molar-refractivity contribution is -0.385. The molecule has 0 spiro atoms. The van der Waals surface area contributed by atoms with Gasteiger partial charge in [-0.3, -0.25) is 14.9 Å². The highest BCUT2D eigenvalue weighted by Crippen LogP contribution is 2.20. The quantitative estimate of drug-likeness (QED) is 0.613. The van der Waals surface area contributed by atoms with Crippen LogP contribution in [0.4, 0.5) is 5.69 Å². The van der Waals surface area contributed by atoms with E-state index in [0.717, 1.165) is 25.2 Å². The van der Waals surface area contributed by atoms with Crippen molar-refractivity contribution in [1.29, 1.82) is 0 Å². The molecule has 1 saturated heterocycles. The first-order chi connectivity index (χ1) is 12.6. The summed E-state index contributed by atoms with van der Waals surface area (Å²) in [6, 6.07) is 16.2. The zero-order chi connectivity index (χ0) is 18.4. The Balaban J connectivity index is 1.72. The highest BCUT2D eigenvalue weighted by atomic mass is 16.6. The van der Waals surface area contributed by atoms with E-state index in [4.69, 9.17) is 0 Å². The molecule has 1 fully saturated rings. The van der Waals surface area contributed by atoms with Gasteiger partial charge in [0.1, 0.15) is 0 Å². The molecule has 1 N–H and O–H groups in total. The van der Waals surface area contributed by atoms with Gasteiger partial charge in [0.05, 0.1) is 17.4 Å². The number of nitrogens with zero attached hydrogens (tertiary/aromatic N) is 2. The van der Waals surface area contributed by atoms with Gasteiger partial charge in [0, 0.05) is 18.2 Å². The Labute approximate surface area is 153 Å². The van der Waals surface area contributed by atoms with Crippen molar-refractivity contribution in [3.63, 3.8) is 0 Å². The van der Waals surface area contributed by atoms with Crippen molar-refractivity contribution in [2.24, 2.45) is 0 Å². The molecular weight excluding hydrogens is 330 g/mol. The van der Waals surface area contributed by atoms with Gasteiger partial charge in [-0.25, -0.2) is 0 Å². The van der Waals surface area contributed by atoms with Crippen LogP contribution in [-0.4, -0.2) is 35.4 Å². The fourth-order valence-electron chi connectivity index (χ4n) is 3.40. The molecule has 3 rings (SSSR count). The molecular formula is C20H23N3O3. The van der Waals surface area contributed by atoms with Crippen LogP contribution in [0.25, 0.3) is 0 Å². The topological polar surface area (TPSA) is 75.5 Å². The maximum absolute atomic E-state index is 12.6. The molecule has 0 aliphatic carbocycles. The molecule has 26 heavy (non-hydrogen) atoms. The predicted molar refractivity (Wildman–Crippen MR) is 99.8 cm³/mol. The van der Waals surface area contributed by atoms with Crippen molar-refractivity contribution in [3.05, 3.63) is 75.8 Å². The number of nitrogens with one attached hydrogen (secondary N) is 1. The second-order valence-corrected chi connectivity index (χ2v) is 6.60. The van der Waals surface area contributed by atoms with Crippen LogP contribution in [-0.2, 0) is 11.2 Å². The number of hydrogen-bond donors (Lipinski definition) is 1. The number of carbonyl (C=O) groups excluding carboxylic acids is 1. The van der Waals surface area contributed by atoms with E-state index in [0.29, 0.717) is 5.56 Å². The van der Waals surface area contributed by atoms with Gasteiger partial charge in [-0.1, -0.05) is 48.5 Å². The number of amides is 1. The number of benzene rings is 2. The summed E-state index contributed by atoms with van der Waals surface area (Å²) in [6.45, 7) is 2.85. The number of rotatable bonds is 7. The third-order valence-corrected chi connectivity index (χ3v) is 4.72. The first kappa shape index (κ1) is 18.1. The second-order valence-electron chi connectivity index (χ2n) is 6.60. The Hall–Kier alpha value is -2.73. The average Bonchev–Trinajstić information content (AvgIpc) is 3.15. The molecule has 2 aromatic rings. The van der Waals surface area contributed by atoms with Crippen molar-refractivity contribution in [2.45, 2.75) is 25.3 Å². The number of para-hydroxylation sites is 1. The van der Waals surface area contributed by atoms with Crippen LogP contribution in [0, 0.1) is 10.1 Å². The van der Waals surface area contributed by atoms with E-state index in [9.17, 15) is 14.9 Å². The van der Waals surface area contributed by atoms with Crippen LogP contribution in [0.3, 0.4) is 0 Å². The number of nitro groups is 1. The van der Waals surface area contributed by atoms with Crippen molar-refractivity contribution < 1.29 is 9.72 Å². The molecule has 6 heteroatoms. The van der Waals surface area contributed by atoms with Crippen LogP contribution in [0.15, 0.2) is 54.6 Å². The third kappa shape index (κ3) is 4.67. The summed E-state index contributed by atoms with van der Waals surface area (Å²) in [5, 5.41) is 14.2. The van der Waals surface area contributed by atoms with E-state index in [1.807, 2.05) is 30.3 Å². The molecule has 1 atom stereocenters. The average molecular weight is 353 g/mol. The normalized spacial score (nSPS) is 15.5. The summed E-state index contributed by atoms with van der Waals surface area (Å²) >= 11 is 0. The highest BCUT2D eigenvalue weighted by molar-refractivity contribution is 5.80. The summed E-state index contributed by atoms with van der Waals surface area (Å²) in [7, 11) is 0. The largest absolute Gasteiger partial charge is 0.348 e. The summed E-state index contributed by atoms with van der Waals surface area (Å²) in [4.78, 5) is 25.6. The Morgan fingerprint density at radius 3 is 2.42 bits per heavy atom. The van der Waals surface area contributed by atoms with E-state index in [1.54, 1.807) is 18.2 Å². The van der Waals surface area contributed by atoms with E-state index in [1.165, 1.54) is 18.9 Å². The van der Waals surface area contributed by atoms with Gasteiger partial charge >= 0.3 is 0 Å². The van der Waals surface area contributed by atoms with E-state index < -0.39 is 4.92 Å². The molecule has 0 saturated carbocycles. The Morgan fingerprint density at radius 1 is 1.08 bits per heavy atom. The lowest BCUT2D eigenvalue weighted by Gasteiger charge is -2.25. The van der Waals surface area contributed by atoms with E-state index >= 15 is 0 Å². The zero-order valence-corrected chi connectivity index (χ0v) is 14.6.